The minimum atomic E-state index is -0.140. The zero-order chi connectivity index (χ0) is 15.3. The van der Waals surface area contributed by atoms with Crippen molar-refractivity contribution in [3.63, 3.8) is 0 Å². The highest BCUT2D eigenvalue weighted by Gasteiger charge is 2.02. The molecule has 2 nitrogen and oxygen atoms in total. The highest BCUT2D eigenvalue weighted by molar-refractivity contribution is 6.15. The lowest BCUT2D eigenvalue weighted by Gasteiger charge is -2.11. The molecule has 0 amide bonds. The number of benzene rings is 2. The van der Waals surface area contributed by atoms with Gasteiger partial charge in [0.2, 0.25) is 0 Å². The van der Waals surface area contributed by atoms with Crippen LogP contribution in [0.5, 0.6) is 0 Å². The number of hydrogen-bond acceptors (Lipinski definition) is 2. The summed E-state index contributed by atoms with van der Waals surface area (Å²) < 4.78 is 4.99. The number of rotatable bonds is 6. The van der Waals surface area contributed by atoms with E-state index in [-0.39, 0.29) is 13.8 Å². The van der Waals surface area contributed by atoms with Crippen LogP contribution in [-0.4, -0.2) is 18.8 Å². The Hall–Kier alpha value is -1.58. The average molecular weight is 284 g/mol. The van der Waals surface area contributed by atoms with Gasteiger partial charge in [0.1, 0.15) is 0 Å². The van der Waals surface area contributed by atoms with Gasteiger partial charge >= 0.3 is 7.69 Å². The second-order valence-corrected chi connectivity index (χ2v) is 4.85. The quantitative estimate of drug-likeness (QED) is 0.806. The van der Waals surface area contributed by atoms with E-state index in [2.05, 4.69) is 62.4 Å². The molecule has 0 heterocycles. The molecule has 2 aromatic carbocycles. The van der Waals surface area contributed by atoms with Crippen molar-refractivity contribution in [2.75, 3.05) is 0 Å². The van der Waals surface area contributed by atoms with Crippen LogP contribution in [0.4, 0.5) is 0 Å². The molecule has 0 spiro atoms. The minimum absolute atomic E-state index is 0.140. The molecule has 0 saturated carbocycles. The van der Waals surface area contributed by atoms with Crippen LogP contribution in [0, 0.1) is 0 Å². The van der Waals surface area contributed by atoms with E-state index in [4.69, 9.17) is 9.68 Å². The fourth-order valence-electron chi connectivity index (χ4n) is 2.09. The van der Waals surface area contributed by atoms with Gasteiger partial charge in [0.05, 0.1) is 0 Å². The van der Waals surface area contributed by atoms with E-state index in [1.807, 2.05) is 12.1 Å². The van der Waals surface area contributed by atoms with Crippen LogP contribution in [0.3, 0.4) is 0 Å². The molecular weight excluding hydrogens is 259 g/mol. The lowest BCUT2D eigenvalue weighted by Crippen LogP contribution is -2.13. The SMILES string of the molecule is CCCC(CC)OBO.c1ccc(-c2ccccc2)cc1. The Morgan fingerprint density at radius 3 is 1.71 bits per heavy atom. The van der Waals surface area contributed by atoms with Crippen molar-refractivity contribution in [2.24, 2.45) is 0 Å². The summed E-state index contributed by atoms with van der Waals surface area (Å²) in [6.07, 6.45) is 3.43. The van der Waals surface area contributed by atoms with Gasteiger partial charge in [0.15, 0.2) is 0 Å². The summed E-state index contributed by atoms with van der Waals surface area (Å²) in [7, 11) is -0.140. The Kier molecular flexibility index (Phi) is 9.26. The highest BCUT2D eigenvalue weighted by atomic mass is 16.5. The average Bonchev–Trinajstić information content (AvgIpc) is 2.57. The first kappa shape index (κ1) is 17.5. The summed E-state index contributed by atoms with van der Waals surface area (Å²) >= 11 is 0. The van der Waals surface area contributed by atoms with Gasteiger partial charge in [-0.05, 0) is 24.0 Å². The van der Waals surface area contributed by atoms with Crippen LogP contribution in [0.15, 0.2) is 60.7 Å². The molecule has 0 fully saturated rings. The molecule has 0 aromatic heterocycles. The largest absolute Gasteiger partial charge is 0.435 e. The Balaban J connectivity index is 0.000000222. The first-order valence-corrected chi connectivity index (χ1v) is 7.64. The summed E-state index contributed by atoms with van der Waals surface area (Å²) in [5.41, 5.74) is 2.55. The maximum absolute atomic E-state index is 8.37. The normalized spacial score (nSPS) is 11.2. The van der Waals surface area contributed by atoms with Gasteiger partial charge in [-0.15, -0.1) is 0 Å². The molecule has 0 aliphatic heterocycles. The zero-order valence-electron chi connectivity index (χ0n) is 13.0. The van der Waals surface area contributed by atoms with Crippen molar-refractivity contribution < 1.29 is 9.68 Å². The molecule has 1 unspecified atom stereocenters. The van der Waals surface area contributed by atoms with Crippen molar-refractivity contribution in [3.8, 4) is 11.1 Å². The molecule has 2 aromatic rings. The van der Waals surface area contributed by atoms with Crippen LogP contribution < -0.4 is 0 Å². The molecule has 112 valence electrons. The predicted octanol–water partition coefficient (Wildman–Crippen LogP) is 4.19. The van der Waals surface area contributed by atoms with Gasteiger partial charge in [-0.1, -0.05) is 80.9 Å². The van der Waals surface area contributed by atoms with Crippen molar-refractivity contribution in [3.05, 3.63) is 60.7 Å². The third kappa shape index (κ3) is 7.12. The highest BCUT2D eigenvalue weighted by Crippen LogP contribution is 2.17. The Labute approximate surface area is 129 Å². The van der Waals surface area contributed by atoms with Crippen LogP contribution in [0.1, 0.15) is 33.1 Å². The summed E-state index contributed by atoms with van der Waals surface area (Å²) in [6.45, 7) is 4.18. The molecule has 0 bridgehead atoms. The van der Waals surface area contributed by atoms with E-state index in [1.54, 1.807) is 0 Å². The Morgan fingerprint density at radius 2 is 1.38 bits per heavy atom. The van der Waals surface area contributed by atoms with Crippen LogP contribution in [-0.2, 0) is 4.65 Å². The number of hydrogen-bond donors (Lipinski definition) is 1. The minimum Gasteiger partial charge on any atom is -0.430 e. The third-order valence-corrected chi connectivity index (χ3v) is 3.26. The fraction of sp³-hybridized carbons (Fsp3) is 0.333. The Bertz CT molecular complexity index is 416. The van der Waals surface area contributed by atoms with E-state index in [0.29, 0.717) is 0 Å². The van der Waals surface area contributed by atoms with Crippen molar-refractivity contribution in [1.82, 2.24) is 0 Å². The van der Waals surface area contributed by atoms with Gasteiger partial charge in [-0.2, -0.15) is 0 Å². The second kappa shape index (κ2) is 11.1. The maximum Gasteiger partial charge on any atom is 0.435 e. The lowest BCUT2D eigenvalue weighted by atomic mass is 10.1. The van der Waals surface area contributed by atoms with Gasteiger partial charge < -0.3 is 9.68 Å². The maximum atomic E-state index is 8.37. The molecule has 0 radical (unpaired) electrons. The van der Waals surface area contributed by atoms with Crippen LogP contribution >= 0.6 is 0 Å². The smallest absolute Gasteiger partial charge is 0.430 e. The van der Waals surface area contributed by atoms with Crippen LogP contribution in [0.25, 0.3) is 11.1 Å². The first-order chi connectivity index (χ1) is 10.3. The van der Waals surface area contributed by atoms with E-state index < -0.39 is 0 Å². The van der Waals surface area contributed by atoms with E-state index in [0.717, 1.165) is 19.3 Å². The van der Waals surface area contributed by atoms with Crippen molar-refractivity contribution in [1.29, 1.82) is 0 Å². The molecule has 1 N–H and O–H groups in total. The fourth-order valence-corrected chi connectivity index (χ4v) is 2.09. The van der Waals surface area contributed by atoms with Gasteiger partial charge in [-0.3, -0.25) is 0 Å². The predicted molar refractivity (Wildman–Crippen MR) is 91.3 cm³/mol. The molecule has 1 atom stereocenters. The van der Waals surface area contributed by atoms with E-state index in [1.165, 1.54) is 11.1 Å². The second-order valence-electron chi connectivity index (χ2n) is 4.85. The lowest BCUT2D eigenvalue weighted by molar-refractivity contribution is 0.168. The van der Waals surface area contributed by atoms with Gasteiger partial charge in [0, 0.05) is 6.10 Å². The topological polar surface area (TPSA) is 29.5 Å². The Morgan fingerprint density at radius 1 is 0.905 bits per heavy atom. The van der Waals surface area contributed by atoms with E-state index >= 15 is 0 Å². The molecule has 0 aliphatic carbocycles. The van der Waals surface area contributed by atoms with Crippen molar-refractivity contribution in [2.45, 2.75) is 39.2 Å². The standard InChI is InChI=1S/C12H10.C6H15BO2/c1-3-7-11(8-4-1)12-9-5-2-6-10-12;1-3-5-6(4-2)9-7-8/h1-10H;6-8H,3-5H2,1-2H3. The molecule has 2 rings (SSSR count). The monoisotopic (exact) mass is 284 g/mol. The summed E-state index contributed by atoms with van der Waals surface area (Å²) in [5.74, 6) is 0. The first-order valence-electron chi connectivity index (χ1n) is 7.64. The molecule has 21 heavy (non-hydrogen) atoms. The third-order valence-electron chi connectivity index (χ3n) is 3.26. The molecule has 0 saturated heterocycles. The van der Waals surface area contributed by atoms with Crippen LogP contribution in [0.2, 0.25) is 0 Å². The van der Waals surface area contributed by atoms with Gasteiger partial charge in [0.25, 0.3) is 0 Å². The van der Waals surface area contributed by atoms with E-state index in [9.17, 15) is 0 Å². The summed E-state index contributed by atoms with van der Waals surface area (Å²) in [6, 6.07) is 20.8. The molecule has 0 aliphatic rings. The van der Waals surface area contributed by atoms with Gasteiger partial charge in [-0.25, -0.2) is 0 Å². The zero-order valence-corrected chi connectivity index (χ0v) is 13.0. The van der Waals surface area contributed by atoms with Crippen molar-refractivity contribution >= 4 is 7.69 Å². The summed E-state index contributed by atoms with van der Waals surface area (Å²) in [5, 5.41) is 8.37. The summed E-state index contributed by atoms with van der Waals surface area (Å²) in [4.78, 5) is 0. The molecule has 3 heteroatoms. The molecular formula is C18H25BO2.